The van der Waals surface area contributed by atoms with Gasteiger partial charge in [0.05, 0.1) is 5.54 Å². The fraction of sp³-hybridized carbons (Fsp3) is 0.638. The lowest BCUT2D eigenvalue weighted by Gasteiger charge is -2.37. The Kier molecular flexibility index (Phi) is 32.2. The molecule has 462 valence electrons. The lowest BCUT2D eigenvalue weighted by molar-refractivity contribution is -0.141. The highest BCUT2D eigenvalue weighted by Crippen LogP contribution is 2.14. The second kappa shape index (κ2) is 38.9. The molecule has 3 saturated heterocycles. The molecule has 16 N–H and O–H groups in total. The summed E-state index contributed by atoms with van der Waals surface area (Å²) in [5.74, 6) is -5.64. The molecule has 2 aromatic rings. The van der Waals surface area contributed by atoms with Crippen LogP contribution in [0.5, 0.6) is 0 Å². The van der Waals surface area contributed by atoms with Gasteiger partial charge in [-0.2, -0.15) is 0 Å². The highest BCUT2D eigenvalue weighted by atomic mass is 16.4. The van der Waals surface area contributed by atoms with Crippen molar-refractivity contribution in [2.45, 2.75) is 139 Å². The van der Waals surface area contributed by atoms with Crippen LogP contribution in [0, 0.1) is 5.41 Å². The maximum absolute atomic E-state index is 14.2. The molecule has 83 heavy (non-hydrogen) atoms. The van der Waals surface area contributed by atoms with Crippen molar-refractivity contribution in [2.75, 3.05) is 91.6 Å². The molecule has 5 rings (SSSR count). The maximum Gasteiger partial charge on any atom is 0.326 e. The summed E-state index contributed by atoms with van der Waals surface area (Å²) in [6, 6.07) is 12.8. The molecule has 0 radical (unpaired) electrons. The summed E-state index contributed by atoms with van der Waals surface area (Å²) in [6.07, 6.45) is 4.57. The molecule has 25 heteroatoms. The molecule has 1 unspecified atom stereocenters. The van der Waals surface area contributed by atoms with Gasteiger partial charge in [0.25, 0.3) is 0 Å². The summed E-state index contributed by atoms with van der Waals surface area (Å²) in [6.45, 7) is 11.7. The second-order valence-corrected chi connectivity index (χ2v) is 22.1. The predicted octanol–water partition coefficient (Wildman–Crippen LogP) is -0.149. The third kappa shape index (κ3) is 29.4. The van der Waals surface area contributed by atoms with Crippen LogP contribution in [0.2, 0.25) is 0 Å². The van der Waals surface area contributed by atoms with Crippen molar-refractivity contribution >= 4 is 53.5 Å². The Morgan fingerprint density at radius 3 is 1.42 bits per heavy atom. The number of urea groups is 1. The van der Waals surface area contributed by atoms with Gasteiger partial charge in [0, 0.05) is 136 Å². The zero-order valence-electron chi connectivity index (χ0n) is 48.3. The molecule has 7 amide bonds. The zero-order valence-corrected chi connectivity index (χ0v) is 48.3. The van der Waals surface area contributed by atoms with Crippen molar-refractivity contribution in [1.29, 1.82) is 0 Å². The van der Waals surface area contributed by atoms with Crippen LogP contribution in [0.4, 0.5) is 4.79 Å². The predicted molar refractivity (Wildman–Crippen MR) is 313 cm³/mol. The van der Waals surface area contributed by atoms with Gasteiger partial charge in [-0.25, -0.2) is 14.4 Å². The van der Waals surface area contributed by atoms with Crippen LogP contribution < -0.4 is 69.1 Å². The Hall–Kier alpha value is -6.77. The number of carbonyl (C=O) groups excluding carboxylic acids is 6. The van der Waals surface area contributed by atoms with E-state index in [1.165, 1.54) is 0 Å². The van der Waals surface area contributed by atoms with Crippen LogP contribution in [-0.4, -0.2) is 190 Å². The molecule has 3 fully saturated rings. The number of hydrogen-bond donors (Lipinski definition) is 16. The third-order valence-electron chi connectivity index (χ3n) is 14.5. The van der Waals surface area contributed by atoms with Crippen LogP contribution in [0.15, 0.2) is 60.7 Å². The van der Waals surface area contributed by atoms with Gasteiger partial charge in [0.1, 0.15) is 24.2 Å². The van der Waals surface area contributed by atoms with Crippen LogP contribution in [0.25, 0.3) is 0 Å². The van der Waals surface area contributed by atoms with Crippen molar-refractivity contribution in [1.82, 2.24) is 69.1 Å². The monoisotopic (exact) mass is 1160 g/mol. The van der Waals surface area contributed by atoms with E-state index < -0.39 is 71.9 Å². The highest BCUT2D eigenvalue weighted by Gasteiger charge is 2.33. The summed E-state index contributed by atoms with van der Waals surface area (Å²) in [5.41, 5.74) is 1.07. The van der Waals surface area contributed by atoms with Crippen LogP contribution in [-0.2, 0) is 51.2 Å². The number of nitrogens with one attached hydrogen (secondary N) is 13. The quantitative estimate of drug-likeness (QED) is 0.0413. The minimum absolute atomic E-state index is 0.00232. The average Bonchev–Trinajstić information content (AvgIpc) is 3.58. The number of rotatable bonds is 33. The normalized spacial score (nSPS) is 19.4. The SMILES string of the molecule is CC12CNCCNCC(NC(=O)CCCC(=O)N[C@H](Cc3ccccc3)C(=O)N[C@H](Cc3ccccc3)C(=O)NCCCCCCCC(=O)NCCCC[C@H](NC(=O)NC(CCC(=O)O)C(=O)O)C(=O)O)(CNCCNC1)CNCCNC2. The average molecular weight is 1160 g/mol. The number of benzene rings is 2. The van der Waals surface area contributed by atoms with Gasteiger partial charge in [-0.3, -0.25) is 28.8 Å². The lowest BCUT2D eigenvalue weighted by atomic mass is 9.90. The molecular weight excluding hydrogens is 1070 g/mol. The second-order valence-electron chi connectivity index (χ2n) is 22.1. The van der Waals surface area contributed by atoms with Crippen LogP contribution in [0.3, 0.4) is 0 Å². The Morgan fingerprint density at radius 1 is 0.446 bits per heavy atom. The van der Waals surface area contributed by atoms with E-state index in [4.69, 9.17) is 5.11 Å². The smallest absolute Gasteiger partial charge is 0.326 e. The number of carboxylic acid groups (broad SMARTS) is 3. The summed E-state index contributed by atoms with van der Waals surface area (Å²) >= 11 is 0. The van der Waals surface area contributed by atoms with Gasteiger partial charge < -0.3 is 84.4 Å². The van der Waals surface area contributed by atoms with E-state index in [1.807, 2.05) is 60.7 Å². The summed E-state index contributed by atoms with van der Waals surface area (Å²) < 4.78 is 0. The standard InChI is InChI=1S/C58H93N13O12/c1-57-36-59-28-31-62-39-58(40-63-32-29-60-37-57,41-64-33-30-61-38-57)71-50(74)23-15-22-49(73)67-47(35-43-18-9-6-10-19-43)53(78)68-46(34-42-16-7-5-8-17-42)52(77)66-27-13-4-2-3-11-21-48(72)65-26-14-12-20-44(54(79)80)69-56(83)70-45(55(81)82)24-25-51(75)76/h5-10,16-19,44-47,59-64H,2-4,11-15,20-41H2,1H3,(H,65,72)(H,66,77)(H,67,73)(H,68,78)(H,71,74)(H,75,76)(H,79,80)(H,81,82)(H2,69,70,83)/t44-,45?,46+,47+,57?,58?/m0/s1. The van der Waals surface area contributed by atoms with E-state index >= 15 is 0 Å². The molecule has 0 spiro atoms. The summed E-state index contributed by atoms with van der Waals surface area (Å²) in [5, 5.41) is 68.3. The molecule has 0 aliphatic carbocycles. The fourth-order valence-electron chi connectivity index (χ4n) is 9.82. The maximum atomic E-state index is 14.2. The molecular formula is C58H93N13O12. The fourth-order valence-corrected chi connectivity index (χ4v) is 9.82. The minimum atomic E-state index is -1.51. The molecule has 3 aliphatic rings. The van der Waals surface area contributed by atoms with Crippen molar-refractivity contribution in [3.05, 3.63) is 71.8 Å². The van der Waals surface area contributed by atoms with Gasteiger partial charge in [0.15, 0.2) is 0 Å². The number of amides is 7. The Balaban J connectivity index is 1.21. The number of aliphatic carboxylic acids is 3. The molecule has 2 bridgehead atoms. The highest BCUT2D eigenvalue weighted by molar-refractivity contribution is 5.92. The first-order chi connectivity index (χ1) is 39.9. The summed E-state index contributed by atoms with van der Waals surface area (Å²) in [7, 11) is 0. The zero-order chi connectivity index (χ0) is 60.1. The third-order valence-corrected chi connectivity index (χ3v) is 14.5. The van der Waals surface area contributed by atoms with Crippen molar-refractivity contribution < 1.29 is 58.5 Å². The summed E-state index contributed by atoms with van der Waals surface area (Å²) in [4.78, 5) is 114. The van der Waals surface area contributed by atoms with Gasteiger partial charge in [-0.1, -0.05) is 86.8 Å². The molecule has 0 aromatic heterocycles. The van der Waals surface area contributed by atoms with Crippen molar-refractivity contribution in [2.24, 2.45) is 5.41 Å². The van der Waals surface area contributed by atoms with Gasteiger partial charge in [-0.05, 0) is 56.1 Å². The number of carboxylic acids is 3. The number of unbranched alkanes of at least 4 members (excludes halogenated alkanes) is 5. The van der Waals surface area contributed by atoms with Gasteiger partial charge in [-0.15, -0.1) is 0 Å². The van der Waals surface area contributed by atoms with Gasteiger partial charge >= 0.3 is 23.9 Å². The van der Waals surface area contributed by atoms with Crippen molar-refractivity contribution in [3.8, 4) is 0 Å². The van der Waals surface area contributed by atoms with Gasteiger partial charge in [0.2, 0.25) is 29.5 Å². The molecule has 4 atom stereocenters. The van der Waals surface area contributed by atoms with Crippen LogP contribution >= 0.6 is 0 Å². The first-order valence-corrected chi connectivity index (χ1v) is 29.5. The molecule has 3 heterocycles. The Labute approximate surface area is 487 Å². The molecule has 0 saturated carbocycles. The van der Waals surface area contributed by atoms with Crippen LogP contribution in [0.1, 0.15) is 108 Å². The van der Waals surface area contributed by atoms with Crippen molar-refractivity contribution in [3.63, 3.8) is 0 Å². The lowest BCUT2D eigenvalue weighted by Crippen LogP contribution is -2.66. The topological polar surface area (TPSA) is 371 Å². The van der Waals surface area contributed by atoms with E-state index in [-0.39, 0.29) is 81.0 Å². The first-order valence-electron chi connectivity index (χ1n) is 29.5. The number of hydrogen-bond acceptors (Lipinski definition) is 15. The van der Waals surface area contributed by atoms with E-state index in [2.05, 4.69) is 76.0 Å². The number of fused-ring (bicyclic) bond motifs is 15. The van der Waals surface area contributed by atoms with E-state index in [0.717, 1.165) is 89.3 Å². The molecule has 3 aliphatic heterocycles. The largest absolute Gasteiger partial charge is 0.481 e. The molecule has 2 aromatic carbocycles. The molecule has 25 nitrogen and oxygen atoms in total. The first kappa shape index (κ1) is 68.7. The number of carbonyl (C=O) groups is 9. The van der Waals surface area contributed by atoms with E-state index in [0.29, 0.717) is 51.9 Å². The van der Waals surface area contributed by atoms with E-state index in [1.54, 1.807) is 0 Å². The Bertz CT molecular complexity index is 2270. The van der Waals surface area contributed by atoms with E-state index in [9.17, 15) is 53.4 Å². The minimum Gasteiger partial charge on any atom is -0.481 e. The Morgan fingerprint density at radius 2 is 0.892 bits per heavy atom.